The first-order chi connectivity index (χ1) is 9.39. The van der Waals surface area contributed by atoms with Crippen LogP contribution in [0.25, 0.3) is 0 Å². The molecule has 1 saturated carbocycles. The van der Waals surface area contributed by atoms with Crippen molar-refractivity contribution in [3.05, 3.63) is 16.5 Å². The van der Waals surface area contributed by atoms with E-state index < -0.39 is 9.05 Å². The summed E-state index contributed by atoms with van der Waals surface area (Å²) in [5.41, 5.74) is 0.856. The summed E-state index contributed by atoms with van der Waals surface area (Å²) in [6.45, 7) is 1.62. The van der Waals surface area contributed by atoms with Crippen LogP contribution in [-0.4, -0.2) is 20.4 Å². The Bertz CT molecular complexity index is 587. The van der Waals surface area contributed by atoms with Crippen LogP contribution < -0.4 is 5.32 Å². The van der Waals surface area contributed by atoms with Crippen molar-refractivity contribution in [2.75, 3.05) is 0 Å². The Hall–Kier alpha value is -0.590. The molecule has 0 atom stereocenters. The molecule has 1 aromatic rings. The fourth-order valence-electron chi connectivity index (χ4n) is 2.55. The molecule has 0 spiro atoms. The van der Waals surface area contributed by atoms with Crippen LogP contribution >= 0.6 is 22.0 Å². The molecule has 1 aliphatic rings. The van der Waals surface area contributed by atoms with Crippen molar-refractivity contribution in [2.24, 2.45) is 0 Å². The highest BCUT2D eigenvalue weighted by Gasteiger charge is 2.23. The first kappa shape index (κ1) is 15.8. The third kappa shape index (κ3) is 3.74. The average molecular weight is 336 g/mol. The third-order valence-corrected chi connectivity index (χ3v) is 6.96. The van der Waals surface area contributed by atoms with E-state index in [1.165, 1.54) is 12.8 Å². The zero-order chi connectivity index (χ0) is 14.8. The maximum absolute atomic E-state index is 12.2. The molecule has 1 amide bonds. The van der Waals surface area contributed by atoms with Crippen LogP contribution in [-0.2, 0) is 9.05 Å². The van der Waals surface area contributed by atoms with Gasteiger partial charge in [-0.3, -0.25) is 4.79 Å². The van der Waals surface area contributed by atoms with Crippen LogP contribution in [0.1, 0.15) is 54.4 Å². The highest BCUT2D eigenvalue weighted by atomic mass is 35.7. The van der Waals surface area contributed by atoms with E-state index in [2.05, 4.69) is 5.32 Å². The second-order valence-electron chi connectivity index (χ2n) is 5.16. The van der Waals surface area contributed by atoms with E-state index in [1.54, 1.807) is 12.3 Å². The van der Waals surface area contributed by atoms with Gasteiger partial charge in [-0.1, -0.05) is 25.7 Å². The number of carbonyl (C=O) groups excluding carboxylic acids is 1. The van der Waals surface area contributed by atoms with E-state index in [0.717, 1.165) is 37.0 Å². The van der Waals surface area contributed by atoms with Gasteiger partial charge in [0.05, 0.1) is 5.56 Å². The van der Waals surface area contributed by atoms with Gasteiger partial charge in [0.25, 0.3) is 15.0 Å². The second kappa shape index (κ2) is 6.45. The second-order valence-corrected chi connectivity index (χ2v) is 8.80. The van der Waals surface area contributed by atoms with Gasteiger partial charge < -0.3 is 5.32 Å². The summed E-state index contributed by atoms with van der Waals surface area (Å²) >= 11 is 0.997. The van der Waals surface area contributed by atoms with Crippen molar-refractivity contribution in [2.45, 2.75) is 55.7 Å². The van der Waals surface area contributed by atoms with E-state index in [0.29, 0.717) is 11.1 Å². The molecular formula is C13H18ClNO3S2. The van der Waals surface area contributed by atoms with Crippen molar-refractivity contribution in [1.82, 2.24) is 5.32 Å². The summed E-state index contributed by atoms with van der Waals surface area (Å²) in [7, 11) is 1.57. The van der Waals surface area contributed by atoms with Crippen molar-refractivity contribution in [3.8, 4) is 0 Å². The van der Waals surface area contributed by atoms with Gasteiger partial charge in [0, 0.05) is 22.1 Å². The zero-order valence-electron chi connectivity index (χ0n) is 11.3. The quantitative estimate of drug-likeness (QED) is 0.679. The molecule has 0 saturated heterocycles. The summed E-state index contributed by atoms with van der Waals surface area (Å²) in [6.07, 6.45) is 6.70. The Morgan fingerprint density at radius 2 is 1.90 bits per heavy atom. The fourth-order valence-corrected chi connectivity index (χ4v) is 5.10. The van der Waals surface area contributed by atoms with Gasteiger partial charge >= 0.3 is 0 Å². The maximum atomic E-state index is 12.2. The number of halogens is 1. The van der Waals surface area contributed by atoms with E-state index in [1.807, 2.05) is 0 Å². The minimum Gasteiger partial charge on any atom is -0.349 e. The number of carbonyl (C=O) groups is 1. The predicted octanol–water partition coefficient (Wildman–Crippen LogP) is 3.44. The molecule has 112 valence electrons. The Morgan fingerprint density at radius 1 is 1.30 bits per heavy atom. The molecule has 1 heterocycles. The smallest absolute Gasteiger partial charge is 0.271 e. The number of nitrogens with one attached hydrogen (secondary N) is 1. The lowest BCUT2D eigenvalue weighted by molar-refractivity contribution is 0.0933. The Kier molecular flexibility index (Phi) is 5.09. The molecule has 1 aromatic heterocycles. The first-order valence-electron chi connectivity index (χ1n) is 6.73. The Balaban J connectivity index is 2.11. The van der Waals surface area contributed by atoms with Gasteiger partial charge in [0.2, 0.25) is 0 Å². The molecule has 7 heteroatoms. The minimum atomic E-state index is -3.77. The van der Waals surface area contributed by atoms with Gasteiger partial charge in [-0.2, -0.15) is 0 Å². The highest BCUT2D eigenvalue weighted by Crippen LogP contribution is 2.29. The molecule has 0 radical (unpaired) electrons. The average Bonchev–Trinajstić information content (AvgIpc) is 2.58. The summed E-state index contributed by atoms with van der Waals surface area (Å²) in [6, 6.07) is 0.195. The largest absolute Gasteiger partial charge is 0.349 e. The number of thiophene rings is 1. The number of rotatable bonds is 3. The van der Waals surface area contributed by atoms with E-state index >= 15 is 0 Å². The van der Waals surface area contributed by atoms with E-state index in [-0.39, 0.29) is 16.2 Å². The van der Waals surface area contributed by atoms with Crippen LogP contribution in [0.15, 0.2) is 9.59 Å². The first-order valence-corrected chi connectivity index (χ1v) is 9.92. The lowest BCUT2D eigenvalue weighted by atomic mass is 10.1. The molecule has 0 unspecified atom stereocenters. The van der Waals surface area contributed by atoms with Gasteiger partial charge in [-0.25, -0.2) is 8.42 Å². The molecule has 1 aliphatic carbocycles. The van der Waals surface area contributed by atoms with Gasteiger partial charge in [-0.15, -0.1) is 11.3 Å². The Labute approximate surface area is 127 Å². The van der Waals surface area contributed by atoms with E-state index in [4.69, 9.17) is 10.7 Å². The lowest BCUT2D eigenvalue weighted by Gasteiger charge is -2.16. The summed E-state index contributed by atoms with van der Waals surface area (Å²) in [5, 5.41) is 4.58. The van der Waals surface area contributed by atoms with Crippen molar-refractivity contribution in [3.63, 3.8) is 0 Å². The van der Waals surface area contributed by atoms with Crippen molar-refractivity contribution < 1.29 is 13.2 Å². The molecule has 1 N–H and O–H groups in total. The van der Waals surface area contributed by atoms with Crippen LogP contribution in [0.5, 0.6) is 0 Å². The number of hydrogen-bond donors (Lipinski definition) is 1. The van der Waals surface area contributed by atoms with Crippen molar-refractivity contribution >= 4 is 37.0 Å². The normalized spacial score (nSPS) is 17.7. The minimum absolute atomic E-state index is 0.0604. The topological polar surface area (TPSA) is 63.2 Å². The number of hydrogen-bond acceptors (Lipinski definition) is 4. The number of amides is 1. The molecule has 4 nitrogen and oxygen atoms in total. The highest BCUT2D eigenvalue weighted by molar-refractivity contribution is 8.15. The fraction of sp³-hybridized carbons (Fsp3) is 0.615. The molecule has 20 heavy (non-hydrogen) atoms. The molecule has 0 aliphatic heterocycles. The molecule has 2 rings (SSSR count). The zero-order valence-corrected chi connectivity index (χ0v) is 13.7. The SMILES string of the molecule is Cc1c(C(=O)NC2CCCCCC2)csc1S(=O)(=O)Cl. The maximum Gasteiger partial charge on any atom is 0.271 e. The standard InChI is InChI=1S/C13H18ClNO3S2/c1-9-11(8-19-13(9)20(14,17)18)12(16)15-10-6-4-2-3-5-7-10/h8,10H,2-7H2,1H3,(H,15,16). The third-order valence-electron chi connectivity index (χ3n) is 3.65. The molecule has 1 fully saturated rings. The van der Waals surface area contributed by atoms with Crippen molar-refractivity contribution in [1.29, 1.82) is 0 Å². The summed E-state index contributed by atoms with van der Waals surface area (Å²) in [5.74, 6) is -0.197. The van der Waals surface area contributed by atoms with Crippen LogP contribution in [0.3, 0.4) is 0 Å². The summed E-state index contributed by atoms with van der Waals surface area (Å²) in [4.78, 5) is 12.2. The molecule has 0 aromatic carbocycles. The lowest BCUT2D eigenvalue weighted by Crippen LogP contribution is -2.34. The van der Waals surface area contributed by atoms with Gasteiger partial charge in [0.15, 0.2) is 0 Å². The monoisotopic (exact) mass is 335 g/mol. The van der Waals surface area contributed by atoms with Gasteiger partial charge in [0.1, 0.15) is 4.21 Å². The van der Waals surface area contributed by atoms with Crippen LogP contribution in [0, 0.1) is 6.92 Å². The van der Waals surface area contributed by atoms with Crippen LogP contribution in [0.4, 0.5) is 0 Å². The molecule has 0 bridgehead atoms. The van der Waals surface area contributed by atoms with Gasteiger partial charge in [-0.05, 0) is 25.3 Å². The van der Waals surface area contributed by atoms with E-state index in [9.17, 15) is 13.2 Å². The van der Waals surface area contributed by atoms with Crippen LogP contribution in [0.2, 0.25) is 0 Å². The predicted molar refractivity (Wildman–Crippen MR) is 81.1 cm³/mol. The Morgan fingerprint density at radius 3 is 2.40 bits per heavy atom. The molecular weight excluding hydrogens is 318 g/mol. The summed E-state index contributed by atoms with van der Waals surface area (Å²) < 4.78 is 22.8.